The van der Waals surface area contributed by atoms with Gasteiger partial charge in [-0.3, -0.25) is 4.79 Å². The van der Waals surface area contributed by atoms with E-state index in [9.17, 15) is 14.7 Å². The fourth-order valence-corrected chi connectivity index (χ4v) is 3.02. The molecule has 1 aromatic rings. The number of aromatic carboxylic acids is 1. The maximum Gasteiger partial charge on any atom is 0.339 e. The van der Waals surface area contributed by atoms with E-state index in [2.05, 4.69) is 26.1 Å². The summed E-state index contributed by atoms with van der Waals surface area (Å²) >= 11 is 0. The lowest BCUT2D eigenvalue weighted by atomic mass is 9.68. The van der Waals surface area contributed by atoms with Gasteiger partial charge in [0.05, 0.1) is 0 Å². The molecule has 1 fully saturated rings. The highest BCUT2D eigenvalue weighted by Gasteiger charge is 2.33. The first kappa shape index (κ1) is 18.0. The molecule has 0 aliphatic heterocycles. The van der Waals surface area contributed by atoms with Crippen molar-refractivity contribution in [3.8, 4) is 5.75 Å². The molecular weight excluding hydrogens is 306 g/mol. The molecule has 1 aromatic carbocycles. The molecule has 1 aliphatic carbocycles. The second kappa shape index (κ2) is 7.07. The summed E-state index contributed by atoms with van der Waals surface area (Å²) in [5.74, 6) is -0.858. The lowest BCUT2D eigenvalue weighted by Crippen LogP contribution is -2.29. The van der Waals surface area contributed by atoms with E-state index in [-0.39, 0.29) is 22.5 Å². The first-order valence-corrected chi connectivity index (χ1v) is 8.29. The van der Waals surface area contributed by atoms with Crippen LogP contribution in [-0.4, -0.2) is 22.0 Å². The number of nitrogens with one attached hydrogen (secondary N) is 1. The van der Waals surface area contributed by atoms with Crippen LogP contribution < -0.4 is 5.32 Å². The summed E-state index contributed by atoms with van der Waals surface area (Å²) in [5, 5.41) is 21.6. The average molecular weight is 331 g/mol. The number of ketones is 1. The van der Waals surface area contributed by atoms with Gasteiger partial charge in [0.15, 0.2) is 5.78 Å². The number of benzene rings is 1. The third-order valence-corrected chi connectivity index (χ3v) is 5.20. The monoisotopic (exact) mass is 331 g/mol. The van der Waals surface area contributed by atoms with Crippen LogP contribution in [0.1, 0.15) is 56.8 Å². The number of phenols is 1. The predicted molar refractivity (Wildman–Crippen MR) is 93.2 cm³/mol. The number of hydrogen-bond acceptors (Lipinski definition) is 4. The van der Waals surface area contributed by atoms with Crippen LogP contribution >= 0.6 is 0 Å². The summed E-state index contributed by atoms with van der Waals surface area (Å²) < 4.78 is 0. The number of allylic oxidation sites excluding steroid dienone is 1. The molecule has 2 rings (SSSR count). The zero-order valence-electron chi connectivity index (χ0n) is 14.4. The van der Waals surface area contributed by atoms with Gasteiger partial charge in [0.1, 0.15) is 11.3 Å². The molecule has 5 nitrogen and oxygen atoms in total. The first-order chi connectivity index (χ1) is 11.2. The minimum atomic E-state index is -1.18. The molecule has 0 radical (unpaired) electrons. The van der Waals surface area contributed by atoms with E-state index < -0.39 is 5.97 Å². The van der Waals surface area contributed by atoms with E-state index in [1.807, 2.05) is 0 Å². The third kappa shape index (κ3) is 3.96. The summed E-state index contributed by atoms with van der Waals surface area (Å²) in [7, 11) is 0. The fraction of sp³-hybridized carbons (Fsp3) is 0.474. The molecule has 1 aliphatic rings. The highest BCUT2D eigenvalue weighted by atomic mass is 16.4. The second-order valence-electron chi connectivity index (χ2n) is 7.06. The summed E-state index contributed by atoms with van der Waals surface area (Å²) in [4.78, 5) is 23.1. The molecule has 1 atom stereocenters. The lowest BCUT2D eigenvalue weighted by molar-refractivity contribution is -0.117. The van der Waals surface area contributed by atoms with Crippen LogP contribution in [0.25, 0.3) is 0 Å². The van der Waals surface area contributed by atoms with Crippen molar-refractivity contribution in [2.24, 2.45) is 11.3 Å². The van der Waals surface area contributed by atoms with E-state index in [0.717, 1.165) is 24.8 Å². The van der Waals surface area contributed by atoms with Crippen molar-refractivity contribution in [1.29, 1.82) is 0 Å². The Morgan fingerprint density at radius 2 is 2.12 bits per heavy atom. The molecule has 5 heteroatoms. The number of carbonyl (C=O) groups is 2. The van der Waals surface area contributed by atoms with Gasteiger partial charge in [0.25, 0.3) is 0 Å². The summed E-state index contributed by atoms with van der Waals surface area (Å²) in [6, 6.07) is 4.26. The van der Waals surface area contributed by atoms with Crippen LogP contribution in [0.15, 0.2) is 30.0 Å². The standard InChI is InChI=1S/C19H25NO4/c1-4-19(2,3)13-5-8-16(21)12(9-13)11-20-14-6-7-15(18(23)24)17(22)10-14/h6-7,10-11,13,20,22H,4-5,8-9H2,1-3H3,(H,23,24)/b12-11+/t13-/m1/s1. The SMILES string of the molecule is CCC(C)(C)[C@@H]1CCC(=O)/C(=C/Nc2ccc(C(=O)O)c(O)c2)C1. The summed E-state index contributed by atoms with van der Waals surface area (Å²) in [5.41, 5.74) is 1.36. The number of anilines is 1. The van der Waals surface area contributed by atoms with E-state index in [1.165, 1.54) is 12.1 Å². The lowest BCUT2D eigenvalue weighted by Gasteiger charge is -2.36. The number of carboxylic acid groups (broad SMARTS) is 1. The number of carboxylic acids is 1. The molecule has 0 bridgehead atoms. The average Bonchev–Trinajstić information content (AvgIpc) is 2.53. The van der Waals surface area contributed by atoms with E-state index in [1.54, 1.807) is 12.3 Å². The maximum absolute atomic E-state index is 12.2. The quantitative estimate of drug-likeness (QED) is 0.704. The molecular formula is C19H25NO4. The summed E-state index contributed by atoms with van der Waals surface area (Å²) in [6.45, 7) is 6.65. The zero-order chi connectivity index (χ0) is 17.9. The molecule has 3 N–H and O–H groups in total. The van der Waals surface area contributed by atoms with Gasteiger partial charge in [-0.2, -0.15) is 0 Å². The van der Waals surface area contributed by atoms with Crippen molar-refractivity contribution in [3.63, 3.8) is 0 Å². The van der Waals surface area contributed by atoms with Gasteiger partial charge >= 0.3 is 5.97 Å². The molecule has 0 aromatic heterocycles. The van der Waals surface area contributed by atoms with Crippen LogP contribution in [0, 0.1) is 11.3 Å². The summed E-state index contributed by atoms with van der Waals surface area (Å²) in [6.07, 6.45) is 4.98. The molecule has 0 saturated heterocycles. The van der Waals surface area contributed by atoms with Crippen molar-refractivity contribution < 1.29 is 19.8 Å². The minimum absolute atomic E-state index is 0.147. The van der Waals surface area contributed by atoms with Crippen molar-refractivity contribution in [3.05, 3.63) is 35.5 Å². The smallest absolute Gasteiger partial charge is 0.339 e. The van der Waals surface area contributed by atoms with Gasteiger partial charge in [0, 0.05) is 29.9 Å². The third-order valence-electron chi connectivity index (χ3n) is 5.20. The van der Waals surface area contributed by atoms with Crippen LogP contribution in [0.4, 0.5) is 5.69 Å². The Labute approximate surface area is 142 Å². The van der Waals surface area contributed by atoms with Gasteiger partial charge in [-0.1, -0.05) is 27.2 Å². The van der Waals surface area contributed by atoms with Crippen LogP contribution in [0.2, 0.25) is 0 Å². The van der Waals surface area contributed by atoms with Crippen LogP contribution in [0.5, 0.6) is 5.75 Å². The molecule has 24 heavy (non-hydrogen) atoms. The normalized spacial score (nSPS) is 20.2. The number of Topliss-reactive ketones (excluding diaryl/α,β-unsaturated/α-hetero) is 1. The fourth-order valence-electron chi connectivity index (χ4n) is 3.02. The number of hydrogen-bond donors (Lipinski definition) is 3. The Hall–Kier alpha value is -2.30. The van der Waals surface area contributed by atoms with E-state index in [4.69, 9.17) is 5.11 Å². The Balaban J connectivity index is 2.13. The molecule has 130 valence electrons. The van der Waals surface area contributed by atoms with Gasteiger partial charge in [-0.05, 0) is 36.3 Å². The van der Waals surface area contributed by atoms with Gasteiger partial charge < -0.3 is 15.5 Å². The molecule has 1 saturated carbocycles. The van der Waals surface area contributed by atoms with E-state index >= 15 is 0 Å². The molecule has 0 unspecified atom stereocenters. The topological polar surface area (TPSA) is 86.6 Å². The van der Waals surface area contributed by atoms with Gasteiger partial charge in [-0.15, -0.1) is 0 Å². The van der Waals surface area contributed by atoms with Crippen molar-refractivity contribution in [2.75, 3.05) is 5.32 Å². The molecule has 0 heterocycles. The van der Waals surface area contributed by atoms with Crippen molar-refractivity contribution in [1.82, 2.24) is 0 Å². The van der Waals surface area contributed by atoms with E-state index in [0.29, 0.717) is 18.0 Å². The highest BCUT2D eigenvalue weighted by Crippen LogP contribution is 2.41. The highest BCUT2D eigenvalue weighted by molar-refractivity contribution is 5.96. The van der Waals surface area contributed by atoms with Gasteiger partial charge in [-0.25, -0.2) is 4.79 Å². The van der Waals surface area contributed by atoms with Crippen molar-refractivity contribution in [2.45, 2.75) is 46.5 Å². The van der Waals surface area contributed by atoms with Crippen LogP contribution in [0.3, 0.4) is 0 Å². The largest absolute Gasteiger partial charge is 0.507 e. The molecule has 0 amide bonds. The number of carbonyl (C=O) groups excluding carboxylic acids is 1. The Morgan fingerprint density at radius 1 is 1.42 bits per heavy atom. The predicted octanol–water partition coefficient (Wildman–Crippen LogP) is 4.19. The zero-order valence-corrected chi connectivity index (χ0v) is 14.4. The molecule has 0 spiro atoms. The Morgan fingerprint density at radius 3 is 2.71 bits per heavy atom. The number of rotatable bonds is 5. The van der Waals surface area contributed by atoms with Crippen LogP contribution in [-0.2, 0) is 4.79 Å². The second-order valence-corrected chi connectivity index (χ2v) is 7.06. The number of aromatic hydroxyl groups is 1. The minimum Gasteiger partial charge on any atom is -0.507 e. The van der Waals surface area contributed by atoms with Crippen molar-refractivity contribution >= 4 is 17.4 Å². The Kier molecular flexibility index (Phi) is 5.32. The Bertz CT molecular complexity index is 676. The maximum atomic E-state index is 12.2. The van der Waals surface area contributed by atoms with Gasteiger partial charge in [0.2, 0.25) is 0 Å². The first-order valence-electron chi connectivity index (χ1n) is 8.29.